The van der Waals surface area contributed by atoms with E-state index in [1.807, 2.05) is 0 Å². The van der Waals surface area contributed by atoms with Crippen LogP contribution in [-0.2, 0) is 4.74 Å². The highest BCUT2D eigenvalue weighted by molar-refractivity contribution is 4.82. The first kappa shape index (κ1) is 10.4. The molecule has 0 aliphatic carbocycles. The van der Waals surface area contributed by atoms with Gasteiger partial charge in [-0.1, -0.05) is 6.92 Å². The molecule has 0 aromatic rings. The van der Waals surface area contributed by atoms with E-state index in [9.17, 15) is 0 Å². The SMILES string of the molecule is C[C@@H]1CN(C)CCC1NCC1COC1. The molecule has 2 fully saturated rings. The van der Waals surface area contributed by atoms with Gasteiger partial charge < -0.3 is 15.0 Å². The second kappa shape index (κ2) is 4.60. The third kappa shape index (κ3) is 2.47. The Morgan fingerprint density at radius 3 is 2.79 bits per heavy atom. The summed E-state index contributed by atoms with van der Waals surface area (Å²) >= 11 is 0. The molecule has 2 aliphatic heterocycles. The molecule has 0 bridgehead atoms. The van der Waals surface area contributed by atoms with E-state index in [1.54, 1.807) is 0 Å². The van der Waals surface area contributed by atoms with Gasteiger partial charge in [-0.25, -0.2) is 0 Å². The molecule has 2 aliphatic rings. The minimum atomic E-state index is 0.729. The normalized spacial score (nSPS) is 35.6. The lowest BCUT2D eigenvalue weighted by atomic mass is 9.93. The first-order chi connectivity index (χ1) is 6.75. The average molecular weight is 198 g/mol. The van der Waals surface area contributed by atoms with Crippen LogP contribution in [0.3, 0.4) is 0 Å². The Balaban J connectivity index is 1.68. The summed E-state index contributed by atoms with van der Waals surface area (Å²) in [5.41, 5.74) is 0. The van der Waals surface area contributed by atoms with Crippen LogP contribution in [0.1, 0.15) is 13.3 Å². The smallest absolute Gasteiger partial charge is 0.0528 e. The van der Waals surface area contributed by atoms with Crippen molar-refractivity contribution in [3.05, 3.63) is 0 Å². The van der Waals surface area contributed by atoms with Gasteiger partial charge in [0, 0.05) is 25.0 Å². The molecule has 3 nitrogen and oxygen atoms in total. The Labute approximate surface area is 86.8 Å². The van der Waals surface area contributed by atoms with E-state index in [2.05, 4.69) is 24.2 Å². The lowest BCUT2D eigenvalue weighted by Crippen LogP contribution is -2.49. The van der Waals surface area contributed by atoms with E-state index >= 15 is 0 Å². The molecule has 14 heavy (non-hydrogen) atoms. The number of piperidine rings is 1. The average Bonchev–Trinajstić information content (AvgIpc) is 2.05. The molecule has 0 aromatic heterocycles. The number of rotatable bonds is 3. The summed E-state index contributed by atoms with van der Waals surface area (Å²) in [4.78, 5) is 2.43. The summed E-state index contributed by atoms with van der Waals surface area (Å²) in [7, 11) is 2.21. The molecule has 1 unspecified atom stereocenters. The largest absolute Gasteiger partial charge is 0.381 e. The minimum Gasteiger partial charge on any atom is -0.381 e. The predicted octanol–water partition coefficient (Wildman–Crippen LogP) is 0.563. The molecular formula is C11H22N2O. The van der Waals surface area contributed by atoms with Crippen LogP contribution in [0.5, 0.6) is 0 Å². The number of hydrogen-bond acceptors (Lipinski definition) is 3. The Morgan fingerprint density at radius 1 is 1.43 bits per heavy atom. The number of ether oxygens (including phenoxy) is 1. The zero-order valence-corrected chi connectivity index (χ0v) is 9.33. The summed E-state index contributed by atoms with van der Waals surface area (Å²) in [5.74, 6) is 1.57. The van der Waals surface area contributed by atoms with Gasteiger partial charge in [0.25, 0.3) is 0 Å². The van der Waals surface area contributed by atoms with E-state index < -0.39 is 0 Å². The van der Waals surface area contributed by atoms with Crippen LogP contribution >= 0.6 is 0 Å². The fraction of sp³-hybridized carbons (Fsp3) is 1.00. The predicted molar refractivity (Wildman–Crippen MR) is 57.4 cm³/mol. The molecule has 82 valence electrons. The Morgan fingerprint density at radius 2 is 2.21 bits per heavy atom. The second-order valence-corrected chi connectivity index (χ2v) is 4.95. The maximum Gasteiger partial charge on any atom is 0.0528 e. The molecule has 2 atom stereocenters. The van der Waals surface area contributed by atoms with Crippen molar-refractivity contribution in [2.75, 3.05) is 39.9 Å². The standard InChI is InChI=1S/C11H22N2O/c1-9-6-13(2)4-3-11(9)12-5-10-7-14-8-10/h9-12H,3-8H2,1-2H3/t9-,11?/m1/s1. The van der Waals surface area contributed by atoms with Gasteiger partial charge in [0.05, 0.1) is 13.2 Å². The zero-order valence-electron chi connectivity index (χ0n) is 9.33. The molecule has 2 saturated heterocycles. The first-order valence-corrected chi connectivity index (χ1v) is 5.75. The van der Waals surface area contributed by atoms with Crippen molar-refractivity contribution in [1.29, 1.82) is 0 Å². The van der Waals surface area contributed by atoms with Gasteiger partial charge in [0.2, 0.25) is 0 Å². The van der Waals surface area contributed by atoms with Crippen molar-refractivity contribution >= 4 is 0 Å². The van der Waals surface area contributed by atoms with Crippen LogP contribution in [0.15, 0.2) is 0 Å². The molecule has 0 radical (unpaired) electrons. The Bertz CT molecular complexity index is 182. The van der Waals surface area contributed by atoms with E-state index in [0.29, 0.717) is 0 Å². The minimum absolute atomic E-state index is 0.729. The van der Waals surface area contributed by atoms with E-state index in [4.69, 9.17) is 4.74 Å². The molecule has 0 amide bonds. The van der Waals surface area contributed by atoms with Crippen molar-refractivity contribution in [2.45, 2.75) is 19.4 Å². The maximum absolute atomic E-state index is 5.17. The van der Waals surface area contributed by atoms with Crippen molar-refractivity contribution in [3.63, 3.8) is 0 Å². The van der Waals surface area contributed by atoms with Crippen LogP contribution in [0.2, 0.25) is 0 Å². The monoisotopic (exact) mass is 198 g/mol. The van der Waals surface area contributed by atoms with Crippen molar-refractivity contribution in [2.24, 2.45) is 11.8 Å². The van der Waals surface area contributed by atoms with E-state index in [0.717, 1.165) is 37.6 Å². The van der Waals surface area contributed by atoms with Crippen LogP contribution in [0.4, 0.5) is 0 Å². The van der Waals surface area contributed by atoms with Gasteiger partial charge in [0.1, 0.15) is 0 Å². The number of hydrogen-bond donors (Lipinski definition) is 1. The van der Waals surface area contributed by atoms with Crippen molar-refractivity contribution < 1.29 is 4.74 Å². The van der Waals surface area contributed by atoms with Crippen LogP contribution < -0.4 is 5.32 Å². The van der Waals surface area contributed by atoms with Gasteiger partial charge in [-0.2, -0.15) is 0 Å². The van der Waals surface area contributed by atoms with Crippen LogP contribution in [-0.4, -0.2) is 50.8 Å². The van der Waals surface area contributed by atoms with Gasteiger partial charge in [-0.3, -0.25) is 0 Å². The zero-order chi connectivity index (χ0) is 9.97. The molecular weight excluding hydrogens is 176 g/mol. The summed E-state index contributed by atoms with van der Waals surface area (Å²) in [6, 6.07) is 0.729. The molecule has 2 heterocycles. The lowest BCUT2D eigenvalue weighted by Gasteiger charge is -2.37. The van der Waals surface area contributed by atoms with Crippen LogP contribution in [0, 0.1) is 11.8 Å². The van der Waals surface area contributed by atoms with Gasteiger partial charge in [-0.15, -0.1) is 0 Å². The van der Waals surface area contributed by atoms with E-state index in [-0.39, 0.29) is 0 Å². The highest BCUT2D eigenvalue weighted by atomic mass is 16.5. The summed E-state index contributed by atoms with van der Waals surface area (Å²) < 4.78 is 5.17. The fourth-order valence-corrected chi connectivity index (χ4v) is 2.38. The van der Waals surface area contributed by atoms with E-state index in [1.165, 1.54) is 19.5 Å². The molecule has 1 N–H and O–H groups in total. The summed E-state index contributed by atoms with van der Waals surface area (Å²) in [6.07, 6.45) is 1.30. The molecule has 2 rings (SSSR count). The van der Waals surface area contributed by atoms with Gasteiger partial charge >= 0.3 is 0 Å². The first-order valence-electron chi connectivity index (χ1n) is 5.75. The van der Waals surface area contributed by atoms with Crippen molar-refractivity contribution in [1.82, 2.24) is 10.2 Å². The fourth-order valence-electron chi connectivity index (χ4n) is 2.38. The maximum atomic E-state index is 5.17. The topological polar surface area (TPSA) is 24.5 Å². The lowest BCUT2D eigenvalue weighted by molar-refractivity contribution is -0.0332. The van der Waals surface area contributed by atoms with Crippen molar-refractivity contribution in [3.8, 4) is 0 Å². The van der Waals surface area contributed by atoms with Gasteiger partial charge in [-0.05, 0) is 25.9 Å². The molecule has 0 aromatic carbocycles. The highest BCUT2D eigenvalue weighted by Crippen LogP contribution is 2.16. The Hall–Kier alpha value is -0.120. The highest BCUT2D eigenvalue weighted by Gasteiger charge is 2.25. The third-order valence-corrected chi connectivity index (χ3v) is 3.48. The number of likely N-dealkylation sites (tertiary alicyclic amines) is 1. The third-order valence-electron chi connectivity index (χ3n) is 3.48. The molecule has 3 heteroatoms. The summed E-state index contributed by atoms with van der Waals surface area (Å²) in [5, 5.41) is 3.69. The van der Waals surface area contributed by atoms with Gasteiger partial charge in [0.15, 0.2) is 0 Å². The second-order valence-electron chi connectivity index (χ2n) is 4.95. The summed E-state index contributed by atoms with van der Waals surface area (Å²) in [6.45, 7) is 7.91. The number of nitrogens with zero attached hydrogens (tertiary/aromatic N) is 1. The number of nitrogens with one attached hydrogen (secondary N) is 1. The quantitative estimate of drug-likeness (QED) is 0.717. The molecule has 0 spiro atoms. The Kier molecular flexibility index (Phi) is 3.42. The molecule has 0 saturated carbocycles. The van der Waals surface area contributed by atoms with Crippen LogP contribution in [0.25, 0.3) is 0 Å².